The first-order chi connectivity index (χ1) is 9.99. The third kappa shape index (κ3) is 5.57. The Kier molecular flexibility index (Phi) is 6.02. The molecule has 0 bridgehead atoms. The molecule has 0 spiro atoms. The fourth-order valence-electron chi connectivity index (χ4n) is 3.08. The van der Waals surface area contributed by atoms with E-state index in [0.29, 0.717) is 6.04 Å². The van der Waals surface area contributed by atoms with Gasteiger partial charge in [-0.25, -0.2) is 0 Å². The summed E-state index contributed by atoms with van der Waals surface area (Å²) >= 11 is 0. The van der Waals surface area contributed by atoms with E-state index < -0.39 is 5.54 Å². The van der Waals surface area contributed by atoms with Gasteiger partial charge in [0.1, 0.15) is 0 Å². The lowest BCUT2D eigenvalue weighted by Crippen LogP contribution is -2.54. The maximum absolute atomic E-state index is 11.7. The molecule has 2 rings (SSSR count). The molecule has 2 aliphatic rings. The molecule has 3 N–H and O–H groups in total. The van der Waals surface area contributed by atoms with Crippen molar-refractivity contribution in [2.24, 2.45) is 5.73 Å². The second-order valence-electron chi connectivity index (χ2n) is 7.07. The minimum Gasteiger partial charge on any atom is -0.368 e. The van der Waals surface area contributed by atoms with E-state index in [2.05, 4.69) is 22.2 Å². The van der Waals surface area contributed by atoms with Gasteiger partial charge in [0.25, 0.3) is 0 Å². The topological polar surface area (TPSA) is 61.6 Å². The van der Waals surface area contributed by atoms with E-state index in [4.69, 9.17) is 5.73 Å². The van der Waals surface area contributed by atoms with Crippen molar-refractivity contribution in [3.05, 3.63) is 0 Å². The molecular weight excluding hydrogens is 264 g/mol. The number of likely N-dealkylation sites (N-methyl/N-ethyl adjacent to an activating group) is 1. The van der Waals surface area contributed by atoms with Gasteiger partial charge in [-0.3, -0.25) is 4.79 Å². The summed E-state index contributed by atoms with van der Waals surface area (Å²) in [6, 6.07) is 0.510. The highest BCUT2D eigenvalue weighted by Crippen LogP contribution is 2.24. The molecule has 122 valence electrons. The number of likely N-dealkylation sites (tertiary alicyclic amines) is 1. The van der Waals surface area contributed by atoms with Gasteiger partial charge >= 0.3 is 0 Å². The second kappa shape index (κ2) is 7.56. The van der Waals surface area contributed by atoms with Crippen LogP contribution >= 0.6 is 0 Å². The Bertz CT molecular complexity index is 339. The molecule has 1 saturated carbocycles. The summed E-state index contributed by atoms with van der Waals surface area (Å²) in [4.78, 5) is 16.6. The van der Waals surface area contributed by atoms with Crippen LogP contribution in [0.5, 0.6) is 0 Å². The number of nitrogens with two attached hydrogens (primary N) is 1. The summed E-state index contributed by atoms with van der Waals surface area (Å²) in [6.07, 6.45) is 6.90. The first-order valence-electron chi connectivity index (χ1n) is 8.48. The summed E-state index contributed by atoms with van der Waals surface area (Å²) < 4.78 is 0. The fraction of sp³-hybridized carbons (Fsp3) is 0.938. The minimum absolute atomic E-state index is 0.214. The van der Waals surface area contributed by atoms with Crippen LogP contribution < -0.4 is 11.1 Å². The molecule has 0 radical (unpaired) electrons. The standard InChI is InChI=1S/C16H32N4O/c1-16(15(17)21,18-14-6-7-14)8-5-9-19(2)12-13-20-10-3-4-11-20/h14,18H,3-13H2,1-2H3,(H2,17,21). The lowest BCUT2D eigenvalue weighted by atomic mass is 9.94. The lowest BCUT2D eigenvalue weighted by Gasteiger charge is -2.29. The number of nitrogens with one attached hydrogen (secondary N) is 1. The van der Waals surface area contributed by atoms with E-state index in [-0.39, 0.29) is 5.91 Å². The molecule has 0 aromatic carbocycles. The molecule has 1 saturated heterocycles. The number of hydrogen-bond acceptors (Lipinski definition) is 4. The monoisotopic (exact) mass is 296 g/mol. The van der Waals surface area contributed by atoms with Crippen LogP contribution in [0.4, 0.5) is 0 Å². The number of rotatable bonds is 10. The van der Waals surface area contributed by atoms with Gasteiger partial charge in [0, 0.05) is 19.1 Å². The van der Waals surface area contributed by atoms with E-state index >= 15 is 0 Å². The molecule has 1 atom stereocenters. The highest BCUT2D eigenvalue weighted by Gasteiger charge is 2.36. The maximum Gasteiger partial charge on any atom is 0.237 e. The quantitative estimate of drug-likeness (QED) is 0.626. The molecule has 21 heavy (non-hydrogen) atoms. The fourth-order valence-corrected chi connectivity index (χ4v) is 3.08. The molecule has 1 heterocycles. The van der Waals surface area contributed by atoms with Gasteiger partial charge in [-0.1, -0.05) is 0 Å². The number of hydrogen-bond donors (Lipinski definition) is 2. The molecular formula is C16H32N4O. The van der Waals surface area contributed by atoms with Crippen LogP contribution in [0.15, 0.2) is 0 Å². The zero-order valence-electron chi connectivity index (χ0n) is 13.7. The number of carbonyl (C=O) groups excluding carboxylic acids is 1. The third-order valence-electron chi connectivity index (χ3n) is 4.86. The van der Waals surface area contributed by atoms with Crippen molar-refractivity contribution in [3.63, 3.8) is 0 Å². The predicted octanol–water partition coefficient (Wildman–Crippen LogP) is 0.790. The Labute approximate surface area is 129 Å². The van der Waals surface area contributed by atoms with Gasteiger partial charge in [-0.05, 0) is 72.1 Å². The molecule has 2 fully saturated rings. The summed E-state index contributed by atoms with van der Waals surface area (Å²) in [6.45, 7) is 7.80. The van der Waals surface area contributed by atoms with E-state index in [1.807, 2.05) is 6.92 Å². The largest absolute Gasteiger partial charge is 0.368 e. The van der Waals surface area contributed by atoms with Crippen molar-refractivity contribution in [3.8, 4) is 0 Å². The Morgan fingerprint density at radius 1 is 1.33 bits per heavy atom. The Morgan fingerprint density at radius 2 is 2.00 bits per heavy atom. The maximum atomic E-state index is 11.7. The van der Waals surface area contributed by atoms with Crippen molar-refractivity contribution < 1.29 is 4.79 Å². The first-order valence-corrected chi connectivity index (χ1v) is 8.48. The average Bonchev–Trinajstić information content (AvgIpc) is 3.07. The highest BCUT2D eigenvalue weighted by atomic mass is 16.1. The van der Waals surface area contributed by atoms with Crippen molar-refractivity contribution in [2.75, 3.05) is 39.8 Å². The van der Waals surface area contributed by atoms with Crippen molar-refractivity contribution in [1.29, 1.82) is 0 Å². The van der Waals surface area contributed by atoms with Crippen LogP contribution in [0.3, 0.4) is 0 Å². The van der Waals surface area contributed by atoms with E-state index in [0.717, 1.165) is 25.9 Å². The van der Waals surface area contributed by atoms with Gasteiger partial charge in [0.2, 0.25) is 5.91 Å². The Balaban J connectivity index is 1.62. The van der Waals surface area contributed by atoms with E-state index in [1.54, 1.807) is 0 Å². The summed E-state index contributed by atoms with van der Waals surface area (Å²) in [5, 5.41) is 3.42. The van der Waals surface area contributed by atoms with Crippen molar-refractivity contribution >= 4 is 5.91 Å². The summed E-state index contributed by atoms with van der Waals surface area (Å²) in [5.41, 5.74) is 5.05. The molecule has 1 aliphatic carbocycles. The van der Waals surface area contributed by atoms with Gasteiger partial charge < -0.3 is 20.9 Å². The molecule has 1 amide bonds. The van der Waals surface area contributed by atoms with Crippen LogP contribution in [0.1, 0.15) is 45.4 Å². The smallest absolute Gasteiger partial charge is 0.237 e. The zero-order chi connectivity index (χ0) is 15.3. The van der Waals surface area contributed by atoms with E-state index in [9.17, 15) is 4.79 Å². The molecule has 0 aromatic rings. The number of primary amides is 1. The third-order valence-corrected chi connectivity index (χ3v) is 4.86. The van der Waals surface area contributed by atoms with E-state index in [1.165, 1.54) is 45.3 Å². The van der Waals surface area contributed by atoms with Gasteiger partial charge in [-0.2, -0.15) is 0 Å². The van der Waals surface area contributed by atoms with Crippen LogP contribution in [0, 0.1) is 0 Å². The van der Waals surface area contributed by atoms with Gasteiger partial charge in [0.15, 0.2) is 0 Å². The summed E-state index contributed by atoms with van der Waals surface area (Å²) in [5.74, 6) is -0.214. The minimum atomic E-state index is -0.531. The molecule has 1 unspecified atom stereocenters. The summed E-state index contributed by atoms with van der Waals surface area (Å²) in [7, 11) is 2.17. The van der Waals surface area contributed by atoms with Crippen LogP contribution in [0.2, 0.25) is 0 Å². The van der Waals surface area contributed by atoms with Crippen molar-refractivity contribution in [2.45, 2.75) is 57.0 Å². The average molecular weight is 296 g/mol. The number of carbonyl (C=O) groups is 1. The van der Waals surface area contributed by atoms with Crippen LogP contribution in [-0.4, -0.2) is 67.1 Å². The number of nitrogens with zero attached hydrogens (tertiary/aromatic N) is 2. The first kappa shape index (κ1) is 16.7. The lowest BCUT2D eigenvalue weighted by molar-refractivity contribution is -0.124. The van der Waals surface area contributed by atoms with Gasteiger partial charge in [-0.15, -0.1) is 0 Å². The van der Waals surface area contributed by atoms with Gasteiger partial charge in [0.05, 0.1) is 5.54 Å². The van der Waals surface area contributed by atoms with Crippen LogP contribution in [-0.2, 0) is 4.79 Å². The number of amides is 1. The predicted molar refractivity (Wildman–Crippen MR) is 86.2 cm³/mol. The highest BCUT2D eigenvalue weighted by molar-refractivity contribution is 5.84. The molecule has 5 nitrogen and oxygen atoms in total. The second-order valence-corrected chi connectivity index (χ2v) is 7.07. The molecule has 1 aliphatic heterocycles. The molecule has 0 aromatic heterocycles. The zero-order valence-corrected chi connectivity index (χ0v) is 13.7. The van der Waals surface area contributed by atoms with Crippen molar-refractivity contribution in [1.82, 2.24) is 15.1 Å². The van der Waals surface area contributed by atoms with Crippen LogP contribution in [0.25, 0.3) is 0 Å². The Hall–Kier alpha value is -0.650. The Morgan fingerprint density at radius 3 is 2.57 bits per heavy atom. The molecule has 5 heteroatoms. The SMILES string of the molecule is CN(CCCC(C)(NC1CC1)C(N)=O)CCN1CCCC1. The normalized spacial score (nSPS) is 22.6.